The number of urea groups is 1. The Morgan fingerprint density at radius 3 is 2.44 bits per heavy atom. The molecule has 5 heteroatoms. The van der Waals surface area contributed by atoms with Gasteiger partial charge in [-0.25, -0.2) is 4.79 Å². The number of carbonyl (C=O) groups excluding carboxylic acids is 1. The summed E-state index contributed by atoms with van der Waals surface area (Å²) in [6, 6.07) is -0.0498. The van der Waals surface area contributed by atoms with Crippen LogP contribution in [0, 0.1) is 17.8 Å². The smallest absolute Gasteiger partial charge is 0.319 e. The fraction of sp³-hybridized carbons (Fsp3) is 0.846. The molecule has 2 amide bonds. The molecule has 0 spiro atoms. The maximum Gasteiger partial charge on any atom is 0.319 e. The molecule has 18 heavy (non-hydrogen) atoms. The van der Waals surface area contributed by atoms with Crippen LogP contribution in [0.25, 0.3) is 0 Å². The third kappa shape index (κ3) is 3.62. The van der Waals surface area contributed by atoms with E-state index in [1.165, 1.54) is 0 Å². The molecule has 1 rings (SSSR count). The molecule has 1 heterocycles. The number of likely N-dealkylation sites (tertiary alicyclic amines) is 1. The summed E-state index contributed by atoms with van der Waals surface area (Å²) in [5.41, 5.74) is 0. The standard InChI is InChI=1S/C13H24N2O3/c1-9(2)5-6-14(4)13(18)15-7-10(3)11(8-15)12(16)17/h9-11H,5-8H2,1-4H3,(H,16,17)/t10-,11-/m1/s1. The van der Waals surface area contributed by atoms with Gasteiger partial charge in [-0.3, -0.25) is 4.79 Å². The largest absolute Gasteiger partial charge is 0.481 e. The molecule has 1 fully saturated rings. The highest BCUT2D eigenvalue weighted by molar-refractivity contribution is 5.77. The van der Waals surface area contributed by atoms with E-state index in [1.807, 2.05) is 6.92 Å². The zero-order valence-corrected chi connectivity index (χ0v) is 11.7. The van der Waals surface area contributed by atoms with Gasteiger partial charge < -0.3 is 14.9 Å². The van der Waals surface area contributed by atoms with Gasteiger partial charge in [0.2, 0.25) is 0 Å². The Kier molecular flexibility index (Phi) is 4.99. The second-order valence-corrected chi connectivity index (χ2v) is 5.71. The van der Waals surface area contributed by atoms with Crippen LogP contribution in [0.3, 0.4) is 0 Å². The lowest BCUT2D eigenvalue weighted by Crippen LogP contribution is -2.41. The van der Waals surface area contributed by atoms with Gasteiger partial charge >= 0.3 is 12.0 Å². The van der Waals surface area contributed by atoms with E-state index in [0.717, 1.165) is 13.0 Å². The van der Waals surface area contributed by atoms with E-state index in [0.29, 0.717) is 19.0 Å². The maximum absolute atomic E-state index is 12.1. The lowest BCUT2D eigenvalue weighted by molar-refractivity contribution is -0.142. The first-order valence-corrected chi connectivity index (χ1v) is 6.55. The van der Waals surface area contributed by atoms with E-state index < -0.39 is 11.9 Å². The normalized spacial score (nSPS) is 23.5. The molecule has 0 aromatic carbocycles. The lowest BCUT2D eigenvalue weighted by atomic mass is 9.99. The first-order chi connectivity index (χ1) is 8.32. The van der Waals surface area contributed by atoms with Crippen LogP contribution < -0.4 is 0 Å². The molecule has 0 radical (unpaired) electrons. The van der Waals surface area contributed by atoms with E-state index in [4.69, 9.17) is 5.11 Å². The molecule has 0 saturated carbocycles. The van der Waals surface area contributed by atoms with Crippen molar-refractivity contribution in [3.8, 4) is 0 Å². The second kappa shape index (κ2) is 6.07. The summed E-state index contributed by atoms with van der Waals surface area (Å²) >= 11 is 0. The molecule has 0 bridgehead atoms. The van der Waals surface area contributed by atoms with Crippen molar-refractivity contribution in [2.75, 3.05) is 26.7 Å². The number of nitrogens with zero attached hydrogens (tertiary/aromatic N) is 2. The number of rotatable bonds is 4. The molecule has 0 aliphatic carbocycles. The number of amides is 2. The molecular weight excluding hydrogens is 232 g/mol. The van der Waals surface area contributed by atoms with Crippen LogP contribution in [0.2, 0.25) is 0 Å². The summed E-state index contributed by atoms with van der Waals surface area (Å²) in [6.07, 6.45) is 0.966. The van der Waals surface area contributed by atoms with Crippen LogP contribution in [-0.2, 0) is 4.79 Å². The summed E-state index contributed by atoms with van der Waals surface area (Å²) in [4.78, 5) is 26.5. The molecule has 1 N–H and O–H groups in total. The maximum atomic E-state index is 12.1. The average Bonchev–Trinajstić information content (AvgIpc) is 2.67. The predicted octanol–water partition coefficient (Wildman–Crippen LogP) is 1.74. The quantitative estimate of drug-likeness (QED) is 0.833. The Balaban J connectivity index is 2.50. The van der Waals surface area contributed by atoms with E-state index in [2.05, 4.69) is 13.8 Å². The first kappa shape index (κ1) is 14.8. The molecule has 0 aromatic rings. The van der Waals surface area contributed by atoms with E-state index in [-0.39, 0.29) is 11.9 Å². The third-order valence-electron chi connectivity index (χ3n) is 3.57. The number of carboxylic acid groups (broad SMARTS) is 1. The van der Waals surface area contributed by atoms with Gasteiger partial charge in [-0.15, -0.1) is 0 Å². The van der Waals surface area contributed by atoms with Gasteiger partial charge in [0.1, 0.15) is 0 Å². The highest BCUT2D eigenvalue weighted by Crippen LogP contribution is 2.24. The molecule has 1 aliphatic heterocycles. The minimum atomic E-state index is -0.803. The van der Waals surface area contributed by atoms with Crippen molar-refractivity contribution in [3.63, 3.8) is 0 Å². The molecule has 1 saturated heterocycles. The van der Waals surface area contributed by atoms with Gasteiger partial charge in [-0.05, 0) is 18.3 Å². The van der Waals surface area contributed by atoms with Gasteiger partial charge in [-0.2, -0.15) is 0 Å². The number of hydrogen-bond donors (Lipinski definition) is 1. The van der Waals surface area contributed by atoms with Crippen molar-refractivity contribution < 1.29 is 14.7 Å². The molecule has 2 atom stereocenters. The minimum Gasteiger partial charge on any atom is -0.481 e. The number of carbonyl (C=O) groups is 2. The topological polar surface area (TPSA) is 60.9 Å². The Bertz CT molecular complexity index is 317. The molecule has 0 unspecified atom stereocenters. The fourth-order valence-electron chi connectivity index (χ4n) is 2.23. The first-order valence-electron chi connectivity index (χ1n) is 6.55. The third-order valence-corrected chi connectivity index (χ3v) is 3.57. The molecule has 104 valence electrons. The van der Waals surface area contributed by atoms with Crippen molar-refractivity contribution in [3.05, 3.63) is 0 Å². The Morgan fingerprint density at radius 1 is 1.39 bits per heavy atom. The van der Waals surface area contributed by atoms with Gasteiger partial charge in [0.25, 0.3) is 0 Å². The number of hydrogen-bond acceptors (Lipinski definition) is 2. The Hall–Kier alpha value is -1.26. The van der Waals surface area contributed by atoms with Crippen molar-refractivity contribution in [2.24, 2.45) is 17.8 Å². The van der Waals surface area contributed by atoms with Gasteiger partial charge in [0.05, 0.1) is 5.92 Å². The van der Waals surface area contributed by atoms with E-state index in [9.17, 15) is 9.59 Å². The van der Waals surface area contributed by atoms with Gasteiger partial charge in [-0.1, -0.05) is 20.8 Å². The van der Waals surface area contributed by atoms with Crippen LogP contribution >= 0.6 is 0 Å². The van der Waals surface area contributed by atoms with Crippen molar-refractivity contribution in [2.45, 2.75) is 27.2 Å². The number of carboxylic acids is 1. The van der Waals surface area contributed by atoms with Crippen LogP contribution in [0.4, 0.5) is 4.79 Å². The molecule has 0 aromatic heterocycles. The Morgan fingerprint density at radius 2 is 2.00 bits per heavy atom. The summed E-state index contributed by atoms with van der Waals surface area (Å²) in [6.45, 7) is 7.73. The Labute approximate surface area is 109 Å². The number of aliphatic carboxylic acids is 1. The van der Waals surface area contributed by atoms with Gasteiger partial charge in [0.15, 0.2) is 0 Å². The van der Waals surface area contributed by atoms with Gasteiger partial charge in [0, 0.05) is 26.7 Å². The second-order valence-electron chi connectivity index (χ2n) is 5.71. The summed E-state index contributed by atoms with van der Waals surface area (Å²) in [5.74, 6) is -0.635. The molecule has 1 aliphatic rings. The summed E-state index contributed by atoms with van der Waals surface area (Å²) < 4.78 is 0. The summed E-state index contributed by atoms with van der Waals surface area (Å²) in [7, 11) is 1.78. The zero-order valence-electron chi connectivity index (χ0n) is 11.7. The molecular formula is C13H24N2O3. The predicted molar refractivity (Wildman–Crippen MR) is 69.3 cm³/mol. The molecule has 5 nitrogen and oxygen atoms in total. The highest BCUT2D eigenvalue weighted by Gasteiger charge is 2.37. The van der Waals surface area contributed by atoms with Crippen molar-refractivity contribution in [1.29, 1.82) is 0 Å². The lowest BCUT2D eigenvalue weighted by Gasteiger charge is -2.25. The minimum absolute atomic E-state index is 0.0324. The van der Waals surface area contributed by atoms with Crippen molar-refractivity contribution in [1.82, 2.24) is 9.80 Å². The average molecular weight is 256 g/mol. The van der Waals surface area contributed by atoms with E-state index >= 15 is 0 Å². The fourth-order valence-corrected chi connectivity index (χ4v) is 2.23. The SMILES string of the molecule is CC(C)CCN(C)C(=O)N1C[C@@H](C)[C@H](C(=O)O)C1. The van der Waals surface area contributed by atoms with Crippen LogP contribution in [0.5, 0.6) is 0 Å². The highest BCUT2D eigenvalue weighted by atomic mass is 16.4. The zero-order chi connectivity index (χ0) is 13.9. The van der Waals surface area contributed by atoms with Crippen LogP contribution in [0.1, 0.15) is 27.2 Å². The van der Waals surface area contributed by atoms with Crippen molar-refractivity contribution >= 4 is 12.0 Å². The van der Waals surface area contributed by atoms with Crippen LogP contribution in [0.15, 0.2) is 0 Å². The van der Waals surface area contributed by atoms with Crippen LogP contribution in [-0.4, -0.2) is 53.6 Å². The monoisotopic (exact) mass is 256 g/mol. The van der Waals surface area contributed by atoms with E-state index in [1.54, 1.807) is 16.8 Å². The summed E-state index contributed by atoms with van der Waals surface area (Å²) in [5, 5.41) is 9.05.